The van der Waals surface area contributed by atoms with Crippen molar-refractivity contribution in [2.24, 2.45) is 23.7 Å². The van der Waals surface area contributed by atoms with Gasteiger partial charge in [0, 0.05) is 83.6 Å². The SMILES string of the molecule is CC[C@H](C)[C@@H]1NC(=O)[C@H](CC(C)C)N(C)C(=O)C[C@@H](C(=O)N(C)C)N(C)C(=O)[C@H](C2CCCC2)N(C)C(=O)[C@H](COC)NC(=O)[C@H](CCN2CC(F)(F)C2)N(C)C(=O)[C@H](CCc2ccc(C(F)(F)F)c(Cl)c2)NC(=O)CN(C)C(=O)[C@H](CC2CCCCC2)N(C)C(=O)C2CCN2C(=O)[C@H](C)N(C)C1=O. The molecule has 584 valence electrons. The van der Waals surface area contributed by atoms with E-state index in [1.807, 2.05) is 20.8 Å². The van der Waals surface area contributed by atoms with Crippen LogP contribution in [0.4, 0.5) is 22.0 Å². The van der Waals surface area contributed by atoms with E-state index in [2.05, 4.69) is 16.0 Å². The van der Waals surface area contributed by atoms with Gasteiger partial charge in [0.2, 0.25) is 70.9 Å². The minimum Gasteiger partial charge on any atom is -0.382 e. The number of aryl methyl sites for hydroxylation is 1. The van der Waals surface area contributed by atoms with E-state index < -0.39 is 198 Å². The number of benzene rings is 1. The third kappa shape index (κ3) is 21.5. The van der Waals surface area contributed by atoms with Gasteiger partial charge >= 0.3 is 6.18 Å². The number of nitrogens with one attached hydrogen (secondary N) is 3. The summed E-state index contributed by atoms with van der Waals surface area (Å²) in [7, 11) is 13.5. The van der Waals surface area contributed by atoms with Crippen LogP contribution in [0, 0.1) is 23.7 Å². The van der Waals surface area contributed by atoms with E-state index >= 15 is 24.0 Å². The number of carbonyl (C=O) groups is 12. The number of nitrogens with zero attached hydrogens (tertiary/aromatic N) is 10. The molecule has 11 atom stereocenters. The molecule has 2 aliphatic carbocycles. The Kier molecular flexibility index (Phi) is 30.7. The van der Waals surface area contributed by atoms with Gasteiger partial charge in [-0.25, -0.2) is 8.78 Å². The maximum atomic E-state index is 15.4. The normalized spacial score (nSPS) is 27.6. The Bertz CT molecular complexity index is 3240. The molecule has 2 saturated carbocycles. The maximum Gasteiger partial charge on any atom is 0.417 e. The summed E-state index contributed by atoms with van der Waals surface area (Å²) in [6, 6.07) is -10.8. The molecule has 3 aliphatic heterocycles. The number of alkyl halides is 5. The van der Waals surface area contributed by atoms with E-state index in [1.54, 1.807) is 6.92 Å². The number of rotatable bonds is 16. The number of hydrogen-bond donors (Lipinski definition) is 3. The Morgan fingerprint density at radius 1 is 0.683 bits per heavy atom. The second-order valence-electron chi connectivity index (χ2n) is 30.0. The quantitative estimate of drug-likeness (QED) is 0.192. The van der Waals surface area contributed by atoms with E-state index in [9.17, 15) is 55.5 Å². The van der Waals surface area contributed by atoms with Gasteiger partial charge in [-0.15, -0.1) is 0 Å². The van der Waals surface area contributed by atoms with Crippen molar-refractivity contribution in [1.29, 1.82) is 0 Å². The zero-order chi connectivity index (χ0) is 77.7. The number of halogens is 6. The van der Waals surface area contributed by atoms with Gasteiger partial charge in [0.05, 0.1) is 43.2 Å². The molecule has 1 aromatic rings. The van der Waals surface area contributed by atoms with E-state index in [-0.39, 0.29) is 69.0 Å². The highest BCUT2D eigenvalue weighted by Gasteiger charge is 2.49. The number of methoxy groups -OCH3 is 1. The Hall–Kier alpha value is -7.28. The lowest BCUT2D eigenvalue weighted by atomic mass is 9.84. The number of likely N-dealkylation sites (tertiary alicyclic amines) is 1. The van der Waals surface area contributed by atoms with Crippen molar-refractivity contribution in [3.05, 3.63) is 34.3 Å². The van der Waals surface area contributed by atoms with Crippen molar-refractivity contribution < 1.29 is 84.2 Å². The summed E-state index contributed by atoms with van der Waals surface area (Å²) in [5.74, 6) is -13.6. The minimum atomic E-state index is -4.82. The molecule has 12 amide bonds. The first-order valence-electron chi connectivity index (χ1n) is 36.4. The molecule has 26 nitrogen and oxygen atoms in total. The van der Waals surface area contributed by atoms with Gasteiger partial charge < -0.3 is 64.8 Å². The molecule has 0 aromatic heterocycles. The summed E-state index contributed by atoms with van der Waals surface area (Å²) in [6.45, 7) is 5.98. The topological polar surface area (TPSA) is 283 Å². The van der Waals surface area contributed by atoms with Crippen LogP contribution in [0.1, 0.15) is 148 Å². The van der Waals surface area contributed by atoms with Gasteiger partial charge in [0.25, 0.3) is 5.92 Å². The zero-order valence-corrected chi connectivity index (χ0v) is 63.9. The standard InChI is InChI=1S/C72H111ClF5N13O13/c1-16-43(4)59-69(102)84(9)44(5)63(96)91-33-31-53(91)68(101)87(12)55(36-45-22-18-17-19-23-45)67(100)83(8)38-57(92)79-50(29-27-46-26-28-48(49(73)35-46)72(76,77)78)64(97)86(11)52(30-32-90-40-71(74,75)41-90)61(94)80-51(39-104-15)65(98)89(14)60(47-24-20-21-25-47)70(103)88(13)56(66(99)82(6)7)37-58(93)85(10)54(34-42(2)3)62(95)81-59/h26,28,35,42-45,47,50-56,59-60H,16-25,27,29-34,36-41H2,1-15H3,(H,79,92)(H,80,94)(H,81,95)/t43-,44-,50-,51-,52-,53?,54-,55-,56-,59-,60-/m0/s1. The Morgan fingerprint density at radius 2 is 1.28 bits per heavy atom. The number of ether oxygens (including phenoxy) is 1. The van der Waals surface area contributed by atoms with Crippen LogP contribution in [0.2, 0.25) is 5.02 Å². The Labute approximate surface area is 613 Å². The molecule has 3 N–H and O–H groups in total. The predicted molar refractivity (Wildman–Crippen MR) is 377 cm³/mol. The third-order valence-corrected chi connectivity index (χ3v) is 22.1. The van der Waals surface area contributed by atoms with E-state index in [1.165, 1.54) is 107 Å². The zero-order valence-electron chi connectivity index (χ0n) is 63.1. The second-order valence-corrected chi connectivity index (χ2v) is 30.4. The molecule has 1 unspecified atom stereocenters. The van der Waals surface area contributed by atoms with Crippen LogP contribution >= 0.6 is 11.6 Å². The van der Waals surface area contributed by atoms with Crippen molar-refractivity contribution in [3.8, 4) is 0 Å². The lowest BCUT2D eigenvalue weighted by Gasteiger charge is -2.45. The highest BCUT2D eigenvalue weighted by Crippen LogP contribution is 2.37. The van der Waals surface area contributed by atoms with Crippen molar-refractivity contribution in [2.75, 3.05) is 110 Å². The summed E-state index contributed by atoms with van der Waals surface area (Å²) < 4.78 is 76.1. The number of likely N-dealkylation sites (N-methyl/N-ethyl adjacent to an activating group) is 8. The predicted octanol–water partition coefficient (Wildman–Crippen LogP) is 4.52. The molecular weight excluding hydrogens is 1390 g/mol. The van der Waals surface area contributed by atoms with Crippen molar-refractivity contribution in [3.63, 3.8) is 0 Å². The first kappa shape index (κ1) is 85.6. The van der Waals surface area contributed by atoms with Crippen LogP contribution in [0.5, 0.6) is 0 Å². The van der Waals surface area contributed by atoms with Crippen molar-refractivity contribution in [1.82, 2.24) is 64.9 Å². The molecule has 104 heavy (non-hydrogen) atoms. The summed E-state index contributed by atoms with van der Waals surface area (Å²) in [6.07, 6.45) is 0.734. The molecule has 3 saturated heterocycles. The third-order valence-electron chi connectivity index (χ3n) is 21.8. The summed E-state index contributed by atoms with van der Waals surface area (Å²) in [5.41, 5.74) is -0.936. The first-order valence-corrected chi connectivity index (χ1v) is 36.7. The average molecular weight is 1500 g/mol. The Balaban J connectivity index is 1.47. The lowest BCUT2D eigenvalue weighted by molar-refractivity contribution is -0.160. The van der Waals surface area contributed by atoms with E-state index in [4.69, 9.17) is 16.3 Å². The first-order chi connectivity index (χ1) is 48.7. The van der Waals surface area contributed by atoms with Gasteiger partial charge in [-0.3, -0.25) is 62.4 Å². The molecular formula is C72H111ClF5N13O13. The molecule has 32 heteroatoms. The fraction of sp³-hybridized carbons (Fsp3) is 0.750. The van der Waals surface area contributed by atoms with Crippen LogP contribution in [0.25, 0.3) is 0 Å². The lowest BCUT2D eigenvalue weighted by Crippen LogP contribution is -2.65. The molecule has 0 radical (unpaired) electrons. The van der Waals surface area contributed by atoms with Gasteiger partial charge in [-0.05, 0) is 99.7 Å². The summed E-state index contributed by atoms with van der Waals surface area (Å²) >= 11 is 6.15. The molecule has 0 bridgehead atoms. The molecule has 1 aromatic carbocycles. The Morgan fingerprint density at radius 3 is 1.83 bits per heavy atom. The average Bonchev–Trinajstić information content (AvgIpc) is 1.20. The molecule has 0 spiro atoms. The van der Waals surface area contributed by atoms with E-state index in [0.717, 1.165) is 69.9 Å². The minimum absolute atomic E-state index is 0.0331. The van der Waals surface area contributed by atoms with Crippen LogP contribution in [0.3, 0.4) is 0 Å². The number of carbonyl (C=O) groups excluding carboxylic acids is 12. The fourth-order valence-corrected chi connectivity index (χ4v) is 15.2. The number of fused-ring (bicyclic) bond motifs is 1. The van der Waals surface area contributed by atoms with Crippen LogP contribution < -0.4 is 16.0 Å². The van der Waals surface area contributed by atoms with Crippen LogP contribution in [-0.2, 0) is 74.9 Å². The van der Waals surface area contributed by atoms with Crippen molar-refractivity contribution >= 4 is 82.5 Å². The summed E-state index contributed by atoms with van der Waals surface area (Å²) in [4.78, 5) is 191. The number of amides is 12. The fourth-order valence-electron chi connectivity index (χ4n) is 14.8. The maximum absolute atomic E-state index is 15.4. The molecule has 5 fully saturated rings. The highest BCUT2D eigenvalue weighted by molar-refractivity contribution is 6.31. The van der Waals surface area contributed by atoms with Crippen LogP contribution in [-0.4, -0.2) is 296 Å². The smallest absolute Gasteiger partial charge is 0.382 e. The van der Waals surface area contributed by atoms with E-state index in [0.29, 0.717) is 32.1 Å². The summed E-state index contributed by atoms with van der Waals surface area (Å²) in [5, 5.41) is 7.57. The van der Waals surface area contributed by atoms with Gasteiger partial charge in [0.15, 0.2) is 0 Å². The van der Waals surface area contributed by atoms with Gasteiger partial charge in [0.1, 0.15) is 60.4 Å². The molecule has 3 heterocycles. The molecule has 5 aliphatic rings. The van der Waals surface area contributed by atoms with Gasteiger partial charge in [-0.1, -0.05) is 96.7 Å². The van der Waals surface area contributed by atoms with Gasteiger partial charge in [-0.2, -0.15) is 13.2 Å². The van der Waals surface area contributed by atoms with Crippen molar-refractivity contribution in [2.45, 2.75) is 216 Å². The molecule has 6 rings (SSSR count). The monoisotopic (exact) mass is 1500 g/mol. The second kappa shape index (κ2) is 37.3. The largest absolute Gasteiger partial charge is 0.417 e. The van der Waals surface area contributed by atoms with Crippen LogP contribution in [0.15, 0.2) is 18.2 Å². The highest BCUT2D eigenvalue weighted by atomic mass is 35.5. The number of hydrogen-bond acceptors (Lipinski definition) is 14.